The van der Waals surface area contributed by atoms with Crippen molar-refractivity contribution in [1.82, 2.24) is 20.3 Å². The summed E-state index contributed by atoms with van der Waals surface area (Å²) < 4.78 is 19.2. The highest BCUT2D eigenvalue weighted by atomic mass is 32.1. The Bertz CT molecular complexity index is 928. The number of rotatable bonds is 5. The Morgan fingerprint density at radius 1 is 1.32 bits per heavy atom. The predicted octanol–water partition coefficient (Wildman–Crippen LogP) is 3.12. The van der Waals surface area contributed by atoms with Crippen LogP contribution in [0.5, 0.6) is 5.75 Å². The second-order valence-electron chi connectivity index (χ2n) is 5.41. The summed E-state index contributed by atoms with van der Waals surface area (Å²) in [5.74, 6) is 0.0873. The van der Waals surface area contributed by atoms with Gasteiger partial charge in [-0.2, -0.15) is 0 Å². The first kappa shape index (κ1) is 17.0. The summed E-state index contributed by atoms with van der Waals surface area (Å²) in [5.41, 5.74) is 1.01. The highest BCUT2D eigenvalue weighted by Crippen LogP contribution is 2.32. The number of nitrogens with one attached hydrogen (secondary N) is 2. The molecule has 0 radical (unpaired) electrons. The maximum Gasteiger partial charge on any atom is 0.280 e. The lowest BCUT2D eigenvalue weighted by Crippen LogP contribution is -2.17. The standard InChI is InChI=1S/C16H16FN5O2S/c1-8(2)24-11-6-9(17)4-5-10(11)21-13-12-15(20-7-19-13)25-16(22-12)14(23)18-3/h4-8H,1-3H3,(H,18,23)(H,19,20,21). The van der Waals surface area contributed by atoms with E-state index in [1.165, 1.54) is 36.8 Å². The lowest BCUT2D eigenvalue weighted by atomic mass is 10.2. The summed E-state index contributed by atoms with van der Waals surface area (Å²) in [6.45, 7) is 3.71. The largest absolute Gasteiger partial charge is 0.489 e. The maximum atomic E-state index is 13.5. The Hall–Kier alpha value is -2.81. The SMILES string of the molecule is CNC(=O)c1nc2c(Nc3ccc(F)cc3OC(C)C)ncnc2s1. The summed E-state index contributed by atoms with van der Waals surface area (Å²) in [4.78, 5) is 25.0. The molecule has 7 nitrogen and oxygen atoms in total. The third-order valence-corrected chi connectivity index (χ3v) is 4.14. The number of ether oxygens (including phenoxy) is 1. The molecule has 9 heteroatoms. The van der Waals surface area contributed by atoms with E-state index in [9.17, 15) is 9.18 Å². The van der Waals surface area contributed by atoms with Crippen LogP contribution in [0.2, 0.25) is 0 Å². The first-order chi connectivity index (χ1) is 12.0. The van der Waals surface area contributed by atoms with Gasteiger partial charge >= 0.3 is 0 Å². The lowest BCUT2D eigenvalue weighted by molar-refractivity contribution is 0.0963. The zero-order chi connectivity index (χ0) is 18.0. The summed E-state index contributed by atoms with van der Waals surface area (Å²) in [6.07, 6.45) is 1.26. The van der Waals surface area contributed by atoms with Crippen molar-refractivity contribution in [2.45, 2.75) is 20.0 Å². The molecule has 1 amide bonds. The minimum absolute atomic E-state index is 0.119. The van der Waals surface area contributed by atoms with Crippen LogP contribution in [0.15, 0.2) is 24.5 Å². The van der Waals surface area contributed by atoms with Crippen LogP contribution in [-0.2, 0) is 0 Å². The minimum Gasteiger partial charge on any atom is -0.489 e. The topological polar surface area (TPSA) is 89.0 Å². The molecule has 1 aromatic carbocycles. The van der Waals surface area contributed by atoms with Gasteiger partial charge < -0.3 is 15.4 Å². The van der Waals surface area contributed by atoms with Gasteiger partial charge in [0.25, 0.3) is 5.91 Å². The number of anilines is 2. The van der Waals surface area contributed by atoms with E-state index in [1.54, 1.807) is 6.07 Å². The lowest BCUT2D eigenvalue weighted by Gasteiger charge is -2.15. The summed E-state index contributed by atoms with van der Waals surface area (Å²) in [7, 11) is 1.54. The number of carbonyl (C=O) groups is 1. The number of hydrogen-bond donors (Lipinski definition) is 2. The van der Waals surface area contributed by atoms with Crippen molar-refractivity contribution in [3.8, 4) is 5.75 Å². The second kappa shape index (κ2) is 6.98. The normalized spacial score (nSPS) is 10.9. The number of aromatic nitrogens is 3. The van der Waals surface area contributed by atoms with Crippen LogP contribution in [0.1, 0.15) is 23.6 Å². The van der Waals surface area contributed by atoms with Crippen molar-refractivity contribution in [2.75, 3.05) is 12.4 Å². The van der Waals surface area contributed by atoms with Crippen molar-refractivity contribution in [1.29, 1.82) is 0 Å². The molecule has 0 aliphatic rings. The molecule has 3 rings (SSSR count). The third kappa shape index (κ3) is 3.66. The van der Waals surface area contributed by atoms with E-state index >= 15 is 0 Å². The average molecular weight is 361 g/mol. The first-order valence-electron chi connectivity index (χ1n) is 7.54. The molecule has 0 saturated carbocycles. The summed E-state index contributed by atoms with van der Waals surface area (Å²) in [6, 6.07) is 4.19. The van der Waals surface area contributed by atoms with Crippen LogP contribution < -0.4 is 15.4 Å². The molecule has 0 spiro atoms. The number of fused-ring (bicyclic) bond motifs is 1. The van der Waals surface area contributed by atoms with Gasteiger partial charge in [0, 0.05) is 13.1 Å². The average Bonchev–Trinajstić information content (AvgIpc) is 3.01. The second-order valence-corrected chi connectivity index (χ2v) is 6.38. The van der Waals surface area contributed by atoms with Gasteiger partial charge in [-0.25, -0.2) is 19.3 Å². The zero-order valence-electron chi connectivity index (χ0n) is 13.8. The number of amides is 1. The Kier molecular flexibility index (Phi) is 4.75. The van der Waals surface area contributed by atoms with Crippen LogP contribution in [-0.4, -0.2) is 34.0 Å². The predicted molar refractivity (Wildman–Crippen MR) is 94.0 cm³/mol. The zero-order valence-corrected chi connectivity index (χ0v) is 14.6. The number of nitrogens with zero attached hydrogens (tertiary/aromatic N) is 3. The van der Waals surface area contributed by atoms with E-state index in [-0.39, 0.29) is 12.0 Å². The van der Waals surface area contributed by atoms with Crippen molar-refractivity contribution < 1.29 is 13.9 Å². The number of halogens is 1. The number of thiazole rings is 1. The minimum atomic E-state index is -0.399. The van der Waals surface area contributed by atoms with Crippen molar-refractivity contribution >= 4 is 39.1 Å². The molecule has 2 heterocycles. The molecule has 3 aromatic rings. The number of benzene rings is 1. The molecule has 2 aromatic heterocycles. The fourth-order valence-corrected chi connectivity index (χ4v) is 2.98. The van der Waals surface area contributed by atoms with E-state index in [0.29, 0.717) is 32.6 Å². The fraction of sp³-hybridized carbons (Fsp3) is 0.250. The summed E-state index contributed by atoms with van der Waals surface area (Å²) in [5, 5.41) is 5.91. The van der Waals surface area contributed by atoms with E-state index < -0.39 is 5.82 Å². The van der Waals surface area contributed by atoms with Gasteiger partial charge in [-0.1, -0.05) is 11.3 Å². The van der Waals surface area contributed by atoms with Gasteiger partial charge in [0.2, 0.25) is 0 Å². The number of carbonyl (C=O) groups excluding carboxylic acids is 1. The highest BCUT2D eigenvalue weighted by Gasteiger charge is 2.16. The van der Waals surface area contributed by atoms with E-state index in [2.05, 4.69) is 25.6 Å². The van der Waals surface area contributed by atoms with Crippen LogP contribution in [0.3, 0.4) is 0 Å². The smallest absolute Gasteiger partial charge is 0.280 e. The van der Waals surface area contributed by atoms with Crippen LogP contribution >= 0.6 is 11.3 Å². The molecular formula is C16H16FN5O2S. The molecule has 0 fully saturated rings. The molecule has 2 N–H and O–H groups in total. The Balaban J connectivity index is 2.01. The van der Waals surface area contributed by atoms with Crippen LogP contribution in [0.4, 0.5) is 15.9 Å². The molecular weight excluding hydrogens is 345 g/mol. The fourth-order valence-electron chi connectivity index (χ4n) is 2.13. The Labute approximate surface area is 147 Å². The van der Waals surface area contributed by atoms with E-state index in [0.717, 1.165) is 0 Å². The molecule has 0 unspecified atom stereocenters. The van der Waals surface area contributed by atoms with Crippen LogP contribution in [0.25, 0.3) is 10.3 Å². The van der Waals surface area contributed by atoms with Gasteiger partial charge in [0.15, 0.2) is 10.8 Å². The quantitative estimate of drug-likeness (QED) is 0.726. The van der Waals surface area contributed by atoms with Crippen molar-refractivity contribution in [3.05, 3.63) is 35.4 Å². The maximum absolute atomic E-state index is 13.5. The van der Waals surface area contributed by atoms with E-state index in [1.807, 2.05) is 13.8 Å². The van der Waals surface area contributed by atoms with Gasteiger partial charge in [-0.05, 0) is 26.0 Å². The highest BCUT2D eigenvalue weighted by molar-refractivity contribution is 7.19. The summed E-state index contributed by atoms with van der Waals surface area (Å²) >= 11 is 1.17. The van der Waals surface area contributed by atoms with Gasteiger partial charge in [0.1, 0.15) is 28.2 Å². The molecule has 25 heavy (non-hydrogen) atoms. The monoisotopic (exact) mass is 361 g/mol. The molecule has 0 atom stereocenters. The number of hydrogen-bond acceptors (Lipinski definition) is 7. The molecule has 0 bridgehead atoms. The van der Waals surface area contributed by atoms with Crippen LogP contribution in [0, 0.1) is 5.82 Å². The molecule has 0 aliphatic carbocycles. The van der Waals surface area contributed by atoms with Crippen molar-refractivity contribution in [2.24, 2.45) is 0 Å². The molecule has 0 saturated heterocycles. The van der Waals surface area contributed by atoms with Gasteiger partial charge in [0.05, 0.1) is 11.8 Å². The Morgan fingerprint density at radius 3 is 2.84 bits per heavy atom. The van der Waals surface area contributed by atoms with Crippen molar-refractivity contribution in [3.63, 3.8) is 0 Å². The Morgan fingerprint density at radius 2 is 2.12 bits per heavy atom. The molecule has 130 valence electrons. The van der Waals surface area contributed by atoms with E-state index in [4.69, 9.17) is 4.74 Å². The van der Waals surface area contributed by atoms with Gasteiger partial charge in [-0.15, -0.1) is 0 Å². The molecule has 0 aliphatic heterocycles. The van der Waals surface area contributed by atoms with Gasteiger partial charge in [-0.3, -0.25) is 4.79 Å². The first-order valence-corrected chi connectivity index (χ1v) is 8.36. The third-order valence-electron chi connectivity index (χ3n) is 3.18.